The van der Waals surface area contributed by atoms with E-state index in [9.17, 15) is 0 Å². The Morgan fingerprint density at radius 3 is 3.00 bits per heavy atom. The number of ether oxygens (including phenoxy) is 1. The summed E-state index contributed by atoms with van der Waals surface area (Å²) >= 11 is 0. The molecule has 2 aromatic heterocycles. The van der Waals surface area contributed by atoms with Crippen LogP contribution in [-0.2, 0) is 17.7 Å². The Balaban J connectivity index is 1.42. The maximum Gasteiger partial charge on any atom is 0.0593 e. The fourth-order valence-electron chi connectivity index (χ4n) is 3.63. The van der Waals surface area contributed by atoms with Gasteiger partial charge in [-0.2, -0.15) is 0 Å². The van der Waals surface area contributed by atoms with Crippen molar-refractivity contribution in [3.63, 3.8) is 0 Å². The first-order valence-electron chi connectivity index (χ1n) is 9.04. The van der Waals surface area contributed by atoms with Crippen molar-refractivity contribution in [2.75, 3.05) is 26.3 Å². The molecule has 1 unspecified atom stereocenters. The van der Waals surface area contributed by atoms with Gasteiger partial charge in [0.05, 0.1) is 13.2 Å². The van der Waals surface area contributed by atoms with E-state index in [1.165, 1.54) is 22.0 Å². The molecule has 1 fully saturated rings. The second-order valence-corrected chi connectivity index (χ2v) is 7.09. The van der Waals surface area contributed by atoms with Gasteiger partial charge < -0.3 is 9.72 Å². The molecule has 1 aliphatic heterocycles. The number of benzene rings is 1. The predicted molar refractivity (Wildman–Crippen MR) is 101 cm³/mol. The molecule has 4 nitrogen and oxygen atoms in total. The van der Waals surface area contributed by atoms with Crippen molar-refractivity contribution in [3.8, 4) is 0 Å². The van der Waals surface area contributed by atoms with Gasteiger partial charge in [-0.1, -0.05) is 12.1 Å². The van der Waals surface area contributed by atoms with Crippen molar-refractivity contribution in [3.05, 3.63) is 65.6 Å². The minimum Gasteiger partial charge on any atom is -0.380 e. The smallest absolute Gasteiger partial charge is 0.0593 e. The van der Waals surface area contributed by atoms with Gasteiger partial charge >= 0.3 is 0 Å². The van der Waals surface area contributed by atoms with Crippen LogP contribution in [0.3, 0.4) is 0 Å². The maximum absolute atomic E-state index is 5.88. The number of nitrogens with one attached hydrogen (secondary N) is 1. The summed E-state index contributed by atoms with van der Waals surface area (Å²) in [5, 5.41) is 1.29. The Bertz CT molecular complexity index is 825. The minimum atomic E-state index is 0.525. The average Bonchev–Trinajstić information content (AvgIpc) is 2.97. The van der Waals surface area contributed by atoms with E-state index in [1.54, 1.807) is 0 Å². The molecule has 4 heteroatoms. The number of rotatable bonds is 4. The van der Waals surface area contributed by atoms with Crippen LogP contribution in [0.2, 0.25) is 0 Å². The Morgan fingerprint density at radius 2 is 2.12 bits per heavy atom. The van der Waals surface area contributed by atoms with Gasteiger partial charge in [0.25, 0.3) is 0 Å². The number of hydrogen-bond donors (Lipinski definition) is 1. The highest BCUT2D eigenvalue weighted by atomic mass is 16.5. The number of hydrogen-bond acceptors (Lipinski definition) is 3. The topological polar surface area (TPSA) is 41.1 Å². The van der Waals surface area contributed by atoms with Crippen LogP contribution in [0.25, 0.3) is 10.9 Å². The molecule has 1 aromatic carbocycles. The Kier molecular flexibility index (Phi) is 4.81. The zero-order valence-corrected chi connectivity index (χ0v) is 14.7. The van der Waals surface area contributed by atoms with Crippen LogP contribution >= 0.6 is 0 Å². The standard InChI is InChI=1S/C21H25N3O/c1-16-2-3-18(12-23-16)13-24-8-9-25-15-19(14-24)10-17-4-5-21-20(11-17)6-7-22-21/h2-7,11-12,19,22H,8-10,13-15H2,1H3. The molecule has 1 saturated heterocycles. The molecule has 1 aliphatic rings. The zero-order valence-electron chi connectivity index (χ0n) is 14.7. The highest BCUT2D eigenvalue weighted by molar-refractivity contribution is 5.79. The molecule has 0 saturated carbocycles. The van der Waals surface area contributed by atoms with Crippen LogP contribution in [0, 0.1) is 12.8 Å². The summed E-state index contributed by atoms with van der Waals surface area (Å²) in [6.07, 6.45) is 5.06. The van der Waals surface area contributed by atoms with Gasteiger partial charge in [-0.3, -0.25) is 9.88 Å². The van der Waals surface area contributed by atoms with Crippen molar-refractivity contribution >= 4 is 10.9 Å². The zero-order chi connectivity index (χ0) is 17.1. The fourth-order valence-corrected chi connectivity index (χ4v) is 3.63. The number of pyridine rings is 1. The third kappa shape index (κ3) is 4.09. The van der Waals surface area contributed by atoms with Gasteiger partial charge in [-0.25, -0.2) is 0 Å². The van der Waals surface area contributed by atoms with Crippen molar-refractivity contribution < 1.29 is 4.74 Å². The van der Waals surface area contributed by atoms with Crippen LogP contribution < -0.4 is 0 Å². The number of aromatic nitrogens is 2. The lowest BCUT2D eigenvalue weighted by Crippen LogP contribution is -2.30. The Hall–Kier alpha value is -2.17. The first kappa shape index (κ1) is 16.3. The van der Waals surface area contributed by atoms with E-state index in [2.05, 4.69) is 51.3 Å². The van der Waals surface area contributed by atoms with Crippen LogP contribution in [-0.4, -0.2) is 41.2 Å². The largest absolute Gasteiger partial charge is 0.380 e. The number of aryl methyl sites for hydroxylation is 1. The minimum absolute atomic E-state index is 0.525. The molecule has 0 aliphatic carbocycles. The fraction of sp³-hybridized carbons (Fsp3) is 0.381. The number of aromatic amines is 1. The molecule has 0 bridgehead atoms. The summed E-state index contributed by atoms with van der Waals surface area (Å²) in [5.74, 6) is 0.525. The molecule has 0 amide bonds. The summed E-state index contributed by atoms with van der Waals surface area (Å²) in [4.78, 5) is 10.2. The van der Waals surface area contributed by atoms with Crippen LogP contribution in [0.1, 0.15) is 16.8 Å². The SMILES string of the molecule is Cc1ccc(CN2CCOCC(Cc3ccc4[nH]ccc4c3)C2)cn1. The van der Waals surface area contributed by atoms with Crippen molar-refractivity contribution in [1.82, 2.24) is 14.9 Å². The van der Waals surface area contributed by atoms with E-state index in [1.807, 2.05) is 19.3 Å². The lowest BCUT2D eigenvalue weighted by Gasteiger charge is -2.23. The predicted octanol–water partition coefficient (Wildman–Crippen LogP) is 3.56. The quantitative estimate of drug-likeness (QED) is 0.792. The lowest BCUT2D eigenvalue weighted by molar-refractivity contribution is 0.121. The second kappa shape index (κ2) is 7.38. The molecule has 3 aromatic rings. The molecule has 130 valence electrons. The van der Waals surface area contributed by atoms with Gasteiger partial charge in [0.1, 0.15) is 0 Å². The Morgan fingerprint density at radius 1 is 1.20 bits per heavy atom. The summed E-state index contributed by atoms with van der Waals surface area (Å²) in [5.41, 5.74) is 4.94. The first-order valence-corrected chi connectivity index (χ1v) is 9.04. The van der Waals surface area contributed by atoms with Gasteiger partial charge in [0.15, 0.2) is 0 Å². The Labute approximate surface area is 148 Å². The molecule has 25 heavy (non-hydrogen) atoms. The molecule has 1 N–H and O–H groups in total. The van der Waals surface area contributed by atoms with E-state index in [-0.39, 0.29) is 0 Å². The molecule has 1 atom stereocenters. The highest BCUT2D eigenvalue weighted by Gasteiger charge is 2.19. The maximum atomic E-state index is 5.88. The number of fused-ring (bicyclic) bond motifs is 1. The number of H-pyrrole nitrogens is 1. The summed E-state index contributed by atoms with van der Waals surface area (Å²) in [6, 6.07) is 13.1. The van der Waals surface area contributed by atoms with Gasteiger partial charge in [-0.15, -0.1) is 0 Å². The normalized spacial score (nSPS) is 19.2. The van der Waals surface area contributed by atoms with Crippen LogP contribution in [0.4, 0.5) is 0 Å². The van der Waals surface area contributed by atoms with E-state index in [0.29, 0.717) is 5.92 Å². The van der Waals surface area contributed by atoms with E-state index < -0.39 is 0 Å². The highest BCUT2D eigenvalue weighted by Crippen LogP contribution is 2.19. The molecular weight excluding hydrogens is 310 g/mol. The molecule has 0 radical (unpaired) electrons. The van der Waals surface area contributed by atoms with Crippen LogP contribution in [0.15, 0.2) is 48.8 Å². The molecule has 3 heterocycles. The second-order valence-electron chi connectivity index (χ2n) is 7.09. The van der Waals surface area contributed by atoms with Gasteiger partial charge in [0, 0.05) is 43.2 Å². The molecular formula is C21H25N3O. The van der Waals surface area contributed by atoms with Gasteiger partial charge in [-0.05, 0) is 60.0 Å². The first-order chi connectivity index (χ1) is 12.3. The van der Waals surface area contributed by atoms with Crippen molar-refractivity contribution in [2.24, 2.45) is 5.92 Å². The third-order valence-electron chi connectivity index (χ3n) is 4.94. The van der Waals surface area contributed by atoms with E-state index in [4.69, 9.17) is 4.74 Å². The van der Waals surface area contributed by atoms with Gasteiger partial charge in [0.2, 0.25) is 0 Å². The summed E-state index contributed by atoms with van der Waals surface area (Å²) in [7, 11) is 0. The third-order valence-corrected chi connectivity index (χ3v) is 4.94. The lowest BCUT2D eigenvalue weighted by atomic mass is 9.98. The average molecular weight is 335 g/mol. The number of nitrogens with zero attached hydrogens (tertiary/aromatic N) is 2. The monoisotopic (exact) mass is 335 g/mol. The van der Waals surface area contributed by atoms with E-state index >= 15 is 0 Å². The van der Waals surface area contributed by atoms with Crippen LogP contribution in [0.5, 0.6) is 0 Å². The van der Waals surface area contributed by atoms with Crippen molar-refractivity contribution in [2.45, 2.75) is 19.9 Å². The van der Waals surface area contributed by atoms with E-state index in [0.717, 1.165) is 45.0 Å². The summed E-state index contributed by atoms with van der Waals surface area (Å²) < 4.78 is 5.88. The summed E-state index contributed by atoms with van der Waals surface area (Å²) in [6.45, 7) is 6.69. The molecule has 4 rings (SSSR count). The molecule has 0 spiro atoms. The van der Waals surface area contributed by atoms with Crippen molar-refractivity contribution in [1.29, 1.82) is 0 Å².